The molecule has 1 aliphatic heterocycles. The summed E-state index contributed by atoms with van der Waals surface area (Å²) < 4.78 is 12.7. The van der Waals surface area contributed by atoms with Crippen molar-refractivity contribution in [2.75, 3.05) is 0 Å². The minimum absolute atomic E-state index is 0. The van der Waals surface area contributed by atoms with Crippen molar-refractivity contribution >= 4 is 19.5 Å². The molecule has 5 heteroatoms. The van der Waals surface area contributed by atoms with E-state index < -0.39 is 0 Å². The van der Waals surface area contributed by atoms with E-state index in [1.807, 2.05) is 6.07 Å². The predicted molar refractivity (Wildman–Crippen MR) is 95.5 cm³/mol. The molecule has 0 radical (unpaired) electrons. The number of rotatable bonds is 3. The third-order valence-corrected chi connectivity index (χ3v) is 6.50. The number of benzene rings is 1. The number of nitrogens with two attached hydrogens (primary N) is 1. The van der Waals surface area contributed by atoms with Crippen molar-refractivity contribution in [2.45, 2.75) is 57.7 Å². The van der Waals surface area contributed by atoms with E-state index in [-0.39, 0.29) is 37.2 Å². The summed E-state index contributed by atoms with van der Waals surface area (Å²) in [7, 11) is -0.273. The second-order valence-electron chi connectivity index (χ2n) is 8.27. The highest BCUT2D eigenvalue weighted by Crippen LogP contribution is 2.64. The van der Waals surface area contributed by atoms with Crippen LogP contribution < -0.4 is 5.73 Å². The van der Waals surface area contributed by atoms with Crippen molar-refractivity contribution in [3.8, 4) is 0 Å². The topological polar surface area (TPSA) is 44.5 Å². The summed E-state index contributed by atoms with van der Waals surface area (Å²) >= 11 is 0. The van der Waals surface area contributed by atoms with Gasteiger partial charge in [-0.1, -0.05) is 44.2 Å². The zero-order chi connectivity index (χ0) is 15.5. The lowest BCUT2D eigenvalue weighted by atomic mass is 9.45. The Morgan fingerprint density at radius 3 is 2.61 bits per heavy atom. The molecule has 0 aromatic heterocycles. The van der Waals surface area contributed by atoms with Crippen molar-refractivity contribution < 1.29 is 9.31 Å². The van der Waals surface area contributed by atoms with E-state index in [0.717, 1.165) is 18.8 Å². The maximum Gasteiger partial charge on any atom is 0.475 e. The highest BCUT2D eigenvalue weighted by molar-refractivity contribution is 6.47. The lowest BCUT2D eigenvalue weighted by Crippen LogP contribution is -2.63. The fourth-order valence-electron chi connectivity index (χ4n) is 4.91. The molecule has 4 fully saturated rings. The molecule has 126 valence electrons. The normalized spacial score (nSPS) is 38.3. The van der Waals surface area contributed by atoms with Crippen molar-refractivity contribution in [2.24, 2.45) is 23.0 Å². The first-order valence-electron chi connectivity index (χ1n) is 8.53. The van der Waals surface area contributed by atoms with Gasteiger partial charge in [0.25, 0.3) is 0 Å². The first-order valence-corrected chi connectivity index (χ1v) is 8.53. The Hall–Kier alpha value is -0.545. The van der Waals surface area contributed by atoms with Gasteiger partial charge in [-0.2, -0.15) is 0 Å². The van der Waals surface area contributed by atoms with Crippen LogP contribution in [0.4, 0.5) is 0 Å². The average Bonchev–Trinajstić information content (AvgIpc) is 2.85. The van der Waals surface area contributed by atoms with Gasteiger partial charge in [0, 0.05) is 5.94 Å². The lowest BCUT2D eigenvalue weighted by molar-refractivity contribution is -0.185. The van der Waals surface area contributed by atoms with E-state index in [4.69, 9.17) is 15.0 Å². The summed E-state index contributed by atoms with van der Waals surface area (Å²) in [5.74, 6) is 1.28. The van der Waals surface area contributed by atoms with Crippen LogP contribution in [-0.4, -0.2) is 24.8 Å². The van der Waals surface area contributed by atoms with Crippen LogP contribution in [0.3, 0.4) is 0 Å². The van der Waals surface area contributed by atoms with E-state index in [9.17, 15) is 0 Å². The van der Waals surface area contributed by atoms with Gasteiger partial charge in [-0.05, 0) is 49.0 Å². The molecule has 3 saturated carbocycles. The first kappa shape index (κ1) is 17.3. The Kier molecular flexibility index (Phi) is 4.33. The quantitative estimate of drug-likeness (QED) is 0.862. The zero-order valence-corrected chi connectivity index (χ0v) is 15.0. The molecule has 1 aromatic rings. The molecule has 4 aliphatic rings. The van der Waals surface area contributed by atoms with Gasteiger partial charge >= 0.3 is 7.12 Å². The molecule has 3 aliphatic carbocycles. The Balaban J connectivity index is 0.00000156. The number of halogens is 1. The fourth-order valence-corrected chi connectivity index (χ4v) is 4.91. The van der Waals surface area contributed by atoms with Gasteiger partial charge in [0.15, 0.2) is 0 Å². The molecule has 2 N–H and O–H groups in total. The molecular weight excluding hydrogens is 308 g/mol. The van der Waals surface area contributed by atoms with Crippen LogP contribution in [-0.2, 0) is 15.7 Å². The largest absolute Gasteiger partial charge is 0.475 e. The number of hydrogen-bond donors (Lipinski definition) is 1. The molecule has 2 unspecified atom stereocenters. The summed E-state index contributed by atoms with van der Waals surface area (Å²) in [6.07, 6.45) is 3.40. The van der Waals surface area contributed by atoms with Crippen LogP contribution in [0, 0.1) is 17.3 Å². The van der Waals surface area contributed by atoms with Crippen molar-refractivity contribution in [3.63, 3.8) is 0 Å². The maximum atomic E-state index is 6.40. The standard InChI is InChI=1S/C18H26BNO2.ClH/c1-17(2)13-10-14(17)16-18(3,11-13)22-19(21-16)15(20)9-12-7-5-4-6-8-12;/h4-8,13-16H,9-11,20H2,1-3H3;1H/t13-,14+,15?,16?,18-;/m0./s1. The highest BCUT2D eigenvalue weighted by Gasteiger charge is 2.67. The van der Waals surface area contributed by atoms with E-state index in [1.165, 1.54) is 12.0 Å². The zero-order valence-electron chi connectivity index (χ0n) is 14.2. The lowest BCUT2D eigenvalue weighted by Gasteiger charge is -2.63. The average molecular weight is 336 g/mol. The van der Waals surface area contributed by atoms with Crippen molar-refractivity contribution in [3.05, 3.63) is 35.9 Å². The third kappa shape index (κ3) is 2.64. The van der Waals surface area contributed by atoms with Crippen LogP contribution >= 0.6 is 12.4 Å². The molecule has 5 rings (SSSR count). The van der Waals surface area contributed by atoms with Crippen LogP contribution in [0.25, 0.3) is 0 Å². The second kappa shape index (κ2) is 5.77. The monoisotopic (exact) mass is 335 g/mol. The van der Waals surface area contributed by atoms with Crippen molar-refractivity contribution in [1.82, 2.24) is 0 Å². The minimum Gasteiger partial charge on any atom is -0.404 e. The maximum absolute atomic E-state index is 6.40. The predicted octanol–water partition coefficient (Wildman–Crippen LogP) is 3.25. The molecule has 23 heavy (non-hydrogen) atoms. The van der Waals surface area contributed by atoms with Crippen LogP contribution in [0.2, 0.25) is 0 Å². The molecule has 0 amide bonds. The minimum atomic E-state index is -0.273. The molecular formula is C18H27BClNO2. The summed E-state index contributed by atoms with van der Waals surface area (Å²) in [6, 6.07) is 10.4. The van der Waals surface area contributed by atoms with E-state index in [0.29, 0.717) is 11.3 Å². The molecule has 2 bridgehead atoms. The summed E-state index contributed by atoms with van der Waals surface area (Å²) in [5, 5.41) is 0. The van der Waals surface area contributed by atoms with Gasteiger partial charge < -0.3 is 15.0 Å². The molecule has 1 heterocycles. The molecule has 0 spiro atoms. The highest BCUT2D eigenvalue weighted by atomic mass is 35.5. The summed E-state index contributed by atoms with van der Waals surface area (Å²) in [4.78, 5) is 0. The van der Waals surface area contributed by atoms with Gasteiger partial charge in [-0.25, -0.2) is 0 Å². The Morgan fingerprint density at radius 2 is 1.96 bits per heavy atom. The van der Waals surface area contributed by atoms with Gasteiger partial charge in [0.05, 0.1) is 11.7 Å². The summed E-state index contributed by atoms with van der Waals surface area (Å²) in [5.41, 5.74) is 7.90. The molecule has 1 saturated heterocycles. The number of hydrogen-bond acceptors (Lipinski definition) is 3. The molecule has 1 aromatic carbocycles. The van der Waals surface area contributed by atoms with Crippen LogP contribution in [0.15, 0.2) is 30.3 Å². The molecule has 5 atom stereocenters. The SMILES string of the molecule is CC1(C)[C@H]2C[C@@H]1C1OB(C(N)Cc3ccccc3)O[C@@]1(C)C2.Cl. The first-order chi connectivity index (χ1) is 10.4. The van der Waals surface area contributed by atoms with Gasteiger partial charge in [-0.3, -0.25) is 0 Å². The second-order valence-corrected chi connectivity index (χ2v) is 8.27. The smallest absolute Gasteiger partial charge is 0.404 e. The molecule has 3 nitrogen and oxygen atoms in total. The Morgan fingerprint density at radius 1 is 1.26 bits per heavy atom. The Bertz CT molecular complexity index is 569. The van der Waals surface area contributed by atoms with Crippen LogP contribution in [0.5, 0.6) is 0 Å². The van der Waals surface area contributed by atoms with E-state index >= 15 is 0 Å². The van der Waals surface area contributed by atoms with Crippen LogP contribution in [0.1, 0.15) is 39.2 Å². The Labute approximate surface area is 145 Å². The van der Waals surface area contributed by atoms with E-state index in [2.05, 4.69) is 45.0 Å². The van der Waals surface area contributed by atoms with Gasteiger partial charge in [0.1, 0.15) is 0 Å². The van der Waals surface area contributed by atoms with E-state index in [1.54, 1.807) is 0 Å². The third-order valence-electron chi connectivity index (χ3n) is 6.50. The fraction of sp³-hybridized carbons (Fsp3) is 0.667. The van der Waals surface area contributed by atoms with Gasteiger partial charge in [0.2, 0.25) is 0 Å². The van der Waals surface area contributed by atoms with Crippen molar-refractivity contribution in [1.29, 1.82) is 0 Å². The van der Waals surface area contributed by atoms with Gasteiger partial charge in [-0.15, -0.1) is 12.4 Å². The summed E-state index contributed by atoms with van der Waals surface area (Å²) in [6.45, 7) is 6.99.